The van der Waals surface area contributed by atoms with Crippen molar-refractivity contribution in [3.8, 4) is 6.07 Å². The number of pyridine rings is 2. The maximum Gasteiger partial charge on any atom is 0.417 e. The van der Waals surface area contributed by atoms with Crippen molar-refractivity contribution in [1.29, 1.82) is 5.26 Å². The van der Waals surface area contributed by atoms with E-state index in [1.54, 1.807) is 18.2 Å². The smallest absolute Gasteiger partial charge is 0.307 e. The van der Waals surface area contributed by atoms with Crippen LogP contribution in [0.2, 0.25) is 0 Å². The fourth-order valence-electron chi connectivity index (χ4n) is 1.93. The number of rotatable bonds is 4. The van der Waals surface area contributed by atoms with Crippen LogP contribution in [0.4, 0.5) is 13.2 Å². The molecule has 0 aliphatic carbocycles. The van der Waals surface area contributed by atoms with Crippen LogP contribution in [0.1, 0.15) is 17.2 Å². The van der Waals surface area contributed by atoms with Crippen LogP contribution in [0.15, 0.2) is 47.5 Å². The second-order valence-electron chi connectivity index (χ2n) is 4.66. The first-order valence-electron chi connectivity index (χ1n) is 6.44. The van der Waals surface area contributed by atoms with Crippen molar-refractivity contribution in [3.05, 3.63) is 64.3 Å². The maximum absolute atomic E-state index is 12.7. The minimum atomic E-state index is -4.63. The lowest BCUT2D eigenvalue weighted by Gasteiger charge is -2.12. The third-order valence-corrected chi connectivity index (χ3v) is 3.07. The molecular weight excluding hydrogens is 311 g/mol. The van der Waals surface area contributed by atoms with Crippen LogP contribution < -0.4 is 5.56 Å². The van der Waals surface area contributed by atoms with Gasteiger partial charge in [0, 0.05) is 18.5 Å². The second kappa shape index (κ2) is 6.44. The lowest BCUT2D eigenvalue weighted by atomic mass is 10.0. The van der Waals surface area contributed by atoms with E-state index >= 15 is 0 Å². The number of ketones is 1. The summed E-state index contributed by atoms with van der Waals surface area (Å²) in [5.41, 5.74) is -1.62. The Kier molecular flexibility index (Phi) is 4.60. The molecule has 0 unspecified atom stereocenters. The van der Waals surface area contributed by atoms with Gasteiger partial charge in [-0.1, -0.05) is 6.07 Å². The maximum atomic E-state index is 12.7. The van der Waals surface area contributed by atoms with E-state index in [4.69, 9.17) is 5.26 Å². The summed E-state index contributed by atoms with van der Waals surface area (Å²) in [6.07, 6.45) is -2.68. The van der Waals surface area contributed by atoms with Crippen molar-refractivity contribution >= 4 is 5.78 Å². The van der Waals surface area contributed by atoms with Crippen molar-refractivity contribution < 1.29 is 18.0 Å². The Balaban J connectivity index is 2.30. The molecule has 23 heavy (non-hydrogen) atoms. The molecule has 0 aliphatic heterocycles. The summed E-state index contributed by atoms with van der Waals surface area (Å²) in [6.45, 7) is -0.641. The Labute approximate surface area is 128 Å². The van der Waals surface area contributed by atoms with Gasteiger partial charge in [-0.25, -0.2) is 0 Å². The molecule has 0 radical (unpaired) electrons. The van der Waals surface area contributed by atoms with E-state index in [1.807, 2.05) is 0 Å². The zero-order valence-electron chi connectivity index (χ0n) is 11.6. The summed E-state index contributed by atoms with van der Waals surface area (Å²) in [5.74, 6) is -1.97. The predicted molar refractivity (Wildman–Crippen MR) is 73.3 cm³/mol. The molecule has 0 bridgehead atoms. The van der Waals surface area contributed by atoms with Crippen LogP contribution in [-0.2, 0) is 17.5 Å². The zero-order chi connectivity index (χ0) is 17.0. The van der Waals surface area contributed by atoms with Crippen molar-refractivity contribution in [1.82, 2.24) is 9.55 Å². The number of nitriles is 1. The quantitative estimate of drug-likeness (QED) is 0.864. The summed E-state index contributed by atoms with van der Waals surface area (Å²) >= 11 is 0. The molecule has 5 nitrogen and oxygen atoms in total. The van der Waals surface area contributed by atoms with Crippen LogP contribution in [0.3, 0.4) is 0 Å². The first-order valence-corrected chi connectivity index (χ1v) is 6.44. The topological polar surface area (TPSA) is 75.8 Å². The summed E-state index contributed by atoms with van der Waals surface area (Å²) in [4.78, 5) is 27.7. The molecule has 0 aromatic carbocycles. The summed E-state index contributed by atoms with van der Waals surface area (Å²) in [6, 6.07) is 7.77. The molecular formula is C15H10F3N3O2. The van der Waals surface area contributed by atoms with Gasteiger partial charge in [-0.2, -0.15) is 18.4 Å². The average molecular weight is 321 g/mol. The van der Waals surface area contributed by atoms with Crippen LogP contribution in [0, 0.1) is 11.3 Å². The van der Waals surface area contributed by atoms with E-state index in [1.165, 1.54) is 12.3 Å². The van der Waals surface area contributed by atoms with Gasteiger partial charge in [-0.05, 0) is 18.2 Å². The van der Waals surface area contributed by atoms with Crippen LogP contribution in [-0.4, -0.2) is 15.3 Å². The molecule has 2 heterocycles. The Bertz CT molecular complexity index is 807. The standard InChI is InChI=1S/C15H10F3N3O2/c16-15(17,18)10-4-5-14(23)21(8-10)9-13(22)11(7-19)12-3-1-2-6-20-12/h1-6,8,11H,9H2/t11-/m1/s1. The van der Waals surface area contributed by atoms with Crippen molar-refractivity contribution in [3.63, 3.8) is 0 Å². The number of nitrogens with zero attached hydrogens (tertiary/aromatic N) is 3. The molecule has 0 amide bonds. The average Bonchev–Trinajstić information content (AvgIpc) is 2.50. The number of carbonyl (C=O) groups is 1. The van der Waals surface area contributed by atoms with Crippen LogP contribution in [0.25, 0.3) is 0 Å². The molecule has 2 rings (SSSR count). The normalized spacial score (nSPS) is 12.4. The second-order valence-corrected chi connectivity index (χ2v) is 4.66. The van der Waals surface area contributed by atoms with E-state index in [0.717, 1.165) is 6.07 Å². The molecule has 0 saturated heterocycles. The van der Waals surface area contributed by atoms with E-state index < -0.39 is 35.5 Å². The first kappa shape index (κ1) is 16.4. The van der Waals surface area contributed by atoms with Gasteiger partial charge in [0.25, 0.3) is 5.56 Å². The molecule has 0 saturated carbocycles. The van der Waals surface area contributed by atoms with E-state index in [2.05, 4.69) is 4.98 Å². The van der Waals surface area contributed by atoms with Crippen LogP contribution >= 0.6 is 0 Å². The Hall–Kier alpha value is -2.95. The minimum absolute atomic E-state index is 0.181. The van der Waals surface area contributed by atoms with Gasteiger partial charge in [0.15, 0.2) is 5.78 Å². The number of carbonyl (C=O) groups excluding carboxylic acids is 1. The molecule has 8 heteroatoms. The molecule has 0 fully saturated rings. The number of aromatic nitrogens is 2. The minimum Gasteiger partial charge on any atom is -0.307 e. The largest absolute Gasteiger partial charge is 0.417 e. The molecule has 118 valence electrons. The van der Waals surface area contributed by atoms with Gasteiger partial charge in [0.1, 0.15) is 5.92 Å². The highest BCUT2D eigenvalue weighted by Crippen LogP contribution is 2.28. The summed E-state index contributed by atoms with van der Waals surface area (Å²) < 4.78 is 38.6. The predicted octanol–water partition coefficient (Wildman–Crippen LogP) is 2.14. The molecule has 2 aromatic rings. The van der Waals surface area contributed by atoms with E-state index in [9.17, 15) is 22.8 Å². The first-order chi connectivity index (χ1) is 10.8. The van der Waals surface area contributed by atoms with Gasteiger partial charge < -0.3 is 4.57 Å². The highest BCUT2D eigenvalue weighted by Gasteiger charge is 2.31. The number of alkyl halides is 3. The van der Waals surface area contributed by atoms with E-state index in [-0.39, 0.29) is 5.69 Å². The number of hydrogen-bond donors (Lipinski definition) is 0. The molecule has 2 aromatic heterocycles. The van der Waals surface area contributed by atoms with E-state index in [0.29, 0.717) is 16.8 Å². The lowest BCUT2D eigenvalue weighted by Crippen LogP contribution is -2.27. The zero-order valence-corrected chi connectivity index (χ0v) is 11.6. The molecule has 1 atom stereocenters. The highest BCUT2D eigenvalue weighted by molar-refractivity contribution is 5.87. The number of halogens is 3. The van der Waals surface area contributed by atoms with Gasteiger partial charge >= 0.3 is 6.18 Å². The Morgan fingerprint density at radius 3 is 2.61 bits per heavy atom. The lowest BCUT2D eigenvalue weighted by molar-refractivity contribution is -0.138. The van der Waals surface area contributed by atoms with Crippen molar-refractivity contribution in [2.75, 3.05) is 0 Å². The van der Waals surface area contributed by atoms with Crippen molar-refractivity contribution in [2.45, 2.75) is 18.6 Å². The van der Waals surface area contributed by atoms with Gasteiger partial charge in [0.05, 0.1) is 23.9 Å². The van der Waals surface area contributed by atoms with Crippen molar-refractivity contribution in [2.24, 2.45) is 0 Å². The van der Waals surface area contributed by atoms with Gasteiger partial charge in [0.2, 0.25) is 0 Å². The van der Waals surface area contributed by atoms with Crippen LogP contribution in [0.5, 0.6) is 0 Å². The number of Topliss-reactive ketones (excluding diaryl/α,β-unsaturated/α-hetero) is 1. The monoisotopic (exact) mass is 321 g/mol. The van der Waals surface area contributed by atoms with Gasteiger partial charge in [-0.15, -0.1) is 0 Å². The third-order valence-electron chi connectivity index (χ3n) is 3.07. The fraction of sp³-hybridized carbons (Fsp3) is 0.200. The molecule has 0 N–H and O–H groups in total. The Morgan fingerprint density at radius 1 is 1.30 bits per heavy atom. The Morgan fingerprint density at radius 2 is 2.04 bits per heavy atom. The summed E-state index contributed by atoms with van der Waals surface area (Å²) in [5, 5.41) is 9.10. The summed E-state index contributed by atoms with van der Waals surface area (Å²) in [7, 11) is 0. The highest BCUT2D eigenvalue weighted by atomic mass is 19.4. The fourth-order valence-corrected chi connectivity index (χ4v) is 1.93. The molecule has 0 aliphatic rings. The number of hydrogen-bond acceptors (Lipinski definition) is 4. The third kappa shape index (κ3) is 3.83. The molecule has 0 spiro atoms. The van der Waals surface area contributed by atoms with Gasteiger partial charge in [-0.3, -0.25) is 14.6 Å². The SMILES string of the molecule is N#C[C@@H](C(=O)Cn1cc(C(F)(F)F)ccc1=O)c1ccccn1.